The first-order valence-electron chi connectivity index (χ1n) is 10.3. The molecule has 1 saturated carbocycles. The highest BCUT2D eigenvalue weighted by molar-refractivity contribution is 6.04. The van der Waals surface area contributed by atoms with Crippen LogP contribution < -0.4 is 10.6 Å². The molecule has 0 radical (unpaired) electrons. The van der Waals surface area contributed by atoms with Gasteiger partial charge in [-0.1, -0.05) is 19.3 Å². The molecule has 1 fully saturated rings. The molecule has 2 N–H and O–H groups in total. The minimum atomic E-state index is -0.176. The van der Waals surface area contributed by atoms with E-state index in [9.17, 15) is 4.79 Å². The van der Waals surface area contributed by atoms with Crippen LogP contribution >= 0.6 is 0 Å². The third-order valence-corrected chi connectivity index (χ3v) is 5.36. The second-order valence-electron chi connectivity index (χ2n) is 7.75. The Kier molecular flexibility index (Phi) is 5.60. The van der Waals surface area contributed by atoms with Gasteiger partial charge in [0, 0.05) is 29.3 Å². The number of nitrogens with zero attached hydrogens (tertiary/aromatic N) is 3. The highest BCUT2D eigenvalue weighted by atomic mass is 16.1. The summed E-state index contributed by atoms with van der Waals surface area (Å²) in [6.07, 6.45) is 8.01. The zero-order valence-electron chi connectivity index (χ0n) is 17.0. The van der Waals surface area contributed by atoms with Crippen molar-refractivity contribution in [3.63, 3.8) is 0 Å². The number of rotatable bonds is 5. The number of amides is 1. The fourth-order valence-corrected chi connectivity index (χ4v) is 3.84. The van der Waals surface area contributed by atoms with Gasteiger partial charge in [-0.05, 0) is 69.2 Å². The summed E-state index contributed by atoms with van der Waals surface area (Å²) in [7, 11) is 0. The maximum absolute atomic E-state index is 12.5. The van der Waals surface area contributed by atoms with Crippen molar-refractivity contribution in [3.05, 3.63) is 65.6 Å². The molecule has 1 aliphatic carbocycles. The van der Waals surface area contributed by atoms with Crippen molar-refractivity contribution in [3.8, 4) is 5.82 Å². The van der Waals surface area contributed by atoms with Gasteiger partial charge >= 0.3 is 0 Å². The molecular formula is C23H27N5O. The summed E-state index contributed by atoms with van der Waals surface area (Å²) < 4.78 is 1.77. The van der Waals surface area contributed by atoms with Crippen LogP contribution in [0.1, 0.15) is 53.8 Å². The largest absolute Gasteiger partial charge is 0.382 e. The number of aryl methyl sites for hydroxylation is 2. The molecule has 4 rings (SSSR count). The number of pyridine rings is 1. The molecule has 0 atom stereocenters. The number of nitrogens with one attached hydrogen (secondary N) is 2. The second-order valence-corrected chi connectivity index (χ2v) is 7.75. The van der Waals surface area contributed by atoms with Crippen LogP contribution in [0.15, 0.2) is 48.7 Å². The average molecular weight is 390 g/mol. The van der Waals surface area contributed by atoms with E-state index in [0.29, 0.717) is 17.4 Å². The lowest BCUT2D eigenvalue weighted by Gasteiger charge is -2.23. The van der Waals surface area contributed by atoms with Crippen LogP contribution in [-0.4, -0.2) is 26.7 Å². The molecule has 6 heteroatoms. The Morgan fingerprint density at radius 2 is 1.72 bits per heavy atom. The summed E-state index contributed by atoms with van der Waals surface area (Å²) in [6.45, 7) is 3.93. The van der Waals surface area contributed by atoms with Crippen LogP contribution in [0.4, 0.5) is 11.4 Å². The number of benzene rings is 1. The lowest BCUT2D eigenvalue weighted by atomic mass is 9.95. The van der Waals surface area contributed by atoms with Gasteiger partial charge < -0.3 is 10.6 Å². The quantitative estimate of drug-likeness (QED) is 0.652. The molecule has 0 unspecified atom stereocenters. The normalized spacial score (nSPS) is 14.6. The molecule has 2 heterocycles. The number of hydrogen-bond acceptors (Lipinski definition) is 4. The summed E-state index contributed by atoms with van der Waals surface area (Å²) in [5.74, 6) is 0.524. The fourth-order valence-electron chi connectivity index (χ4n) is 3.84. The van der Waals surface area contributed by atoms with E-state index in [2.05, 4.69) is 20.7 Å². The highest BCUT2D eigenvalue weighted by Gasteiger charge is 2.13. The van der Waals surface area contributed by atoms with E-state index in [0.717, 1.165) is 22.8 Å². The van der Waals surface area contributed by atoms with Gasteiger partial charge in [-0.15, -0.1) is 0 Å². The molecule has 1 aromatic carbocycles. The van der Waals surface area contributed by atoms with Gasteiger partial charge in [-0.2, -0.15) is 5.10 Å². The highest BCUT2D eigenvalue weighted by Crippen LogP contribution is 2.22. The lowest BCUT2D eigenvalue weighted by molar-refractivity contribution is 0.102. The summed E-state index contributed by atoms with van der Waals surface area (Å²) in [5.41, 5.74) is 4.33. The third-order valence-electron chi connectivity index (χ3n) is 5.36. The molecule has 1 amide bonds. The Balaban J connectivity index is 1.38. The average Bonchev–Trinajstić information content (AvgIpc) is 3.08. The van der Waals surface area contributed by atoms with Gasteiger partial charge in [-0.25, -0.2) is 9.67 Å². The first-order chi connectivity index (χ1) is 14.1. The van der Waals surface area contributed by atoms with Crippen LogP contribution in [0, 0.1) is 13.8 Å². The van der Waals surface area contributed by atoms with Crippen molar-refractivity contribution in [2.24, 2.45) is 0 Å². The first kappa shape index (κ1) is 19.2. The Labute approximate surface area is 171 Å². The Morgan fingerprint density at radius 1 is 1.00 bits per heavy atom. The van der Waals surface area contributed by atoms with Gasteiger partial charge in [0.2, 0.25) is 0 Å². The van der Waals surface area contributed by atoms with Gasteiger partial charge in [0.25, 0.3) is 5.91 Å². The van der Waals surface area contributed by atoms with Gasteiger partial charge in [0.1, 0.15) is 0 Å². The summed E-state index contributed by atoms with van der Waals surface area (Å²) in [6, 6.07) is 14.0. The maximum atomic E-state index is 12.5. The SMILES string of the molecule is Cc1cc(C)n(-c2ccc(C(=O)Nc3ccc(NC4CCCCC4)cc3)cn2)n1. The fraction of sp³-hybridized carbons (Fsp3) is 0.348. The molecule has 3 aromatic rings. The molecule has 0 aliphatic heterocycles. The molecule has 6 nitrogen and oxygen atoms in total. The molecule has 0 spiro atoms. The monoisotopic (exact) mass is 389 g/mol. The second kappa shape index (κ2) is 8.47. The van der Waals surface area contributed by atoms with Crippen molar-refractivity contribution in [1.82, 2.24) is 14.8 Å². The van der Waals surface area contributed by atoms with Gasteiger partial charge in [0.15, 0.2) is 5.82 Å². The first-order valence-corrected chi connectivity index (χ1v) is 10.3. The predicted molar refractivity (Wildman–Crippen MR) is 116 cm³/mol. The van der Waals surface area contributed by atoms with Crippen LogP contribution in [0.5, 0.6) is 0 Å². The van der Waals surface area contributed by atoms with E-state index < -0.39 is 0 Å². The van der Waals surface area contributed by atoms with Crippen LogP contribution in [0.2, 0.25) is 0 Å². The summed E-state index contributed by atoms with van der Waals surface area (Å²) in [5, 5.41) is 10.9. The zero-order valence-corrected chi connectivity index (χ0v) is 17.0. The Hall–Kier alpha value is -3.15. The number of anilines is 2. The van der Waals surface area contributed by atoms with Gasteiger partial charge in [-0.3, -0.25) is 4.79 Å². The minimum Gasteiger partial charge on any atom is -0.382 e. The van der Waals surface area contributed by atoms with E-state index in [-0.39, 0.29) is 5.91 Å². The van der Waals surface area contributed by atoms with E-state index in [4.69, 9.17) is 0 Å². The van der Waals surface area contributed by atoms with Crippen molar-refractivity contribution in [2.45, 2.75) is 52.0 Å². The third kappa shape index (κ3) is 4.65. The van der Waals surface area contributed by atoms with Gasteiger partial charge in [0.05, 0.1) is 11.3 Å². The lowest BCUT2D eigenvalue weighted by Crippen LogP contribution is -2.22. The molecular weight excluding hydrogens is 362 g/mol. The van der Waals surface area contributed by atoms with Crippen LogP contribution in [0.3, 0.4) is 0 Å². The number of hydrogen-bond donors (Lipinski definition) is 2. The topological polar surface area (TPSA) is 71.8 Å². The smallest absolute Gasteiger partial charge is 0.257 e. The van der Waals surface area contributed by atoms with Crippen molar-refractivity contribution in [1.29, 1.82) is 0 Å². The molecule has 0 bridgehead atoms. The van der Waals surface area contributed by atoms with E-state index in [1.807, 2.05) is 50.2 Å². The summed E-state index contributed by atoms with van der Waals surface area (Å²) >= 11 is 0. The number of carbonyl (C=O) groups is 1. The maximum Gasteiger partial charge on any atom is 0.257 e. The molecule has 2 aromatic heterocycles. The van der Waals surface area contributed by atoms with Crippen molar-refractivity contribution in [2.75, 3.05) is 10.6 Å². The minimum absolute atomic E-state index is 0.176. The van der Waals surface area contributed by atoms with E-state index in [1.54, 1.807) is 16.9 Å². The van der Waals surface area contributed by atoms with Crippen molar-refractivity contribution >= 4 is 17.3 Å². The number of carbonyl (C=O) groups excluding carboxylic acids is 1. The summed E-state index contributed by atoms with van der Waals surface area (Å²) in [4.78, 5) is 16.9. The molecule has 0 saturated heterocycles. The molecule has 150 valence electrons. The Bertz CT molecular complexity index is 970. The van der Waals surface area contributed by atoms with E-state index in [1.165, 1.54) is 32.1 Å². The predicted octanol–water partition coefficient (Wildman–Crippen LogP) is 4.88. The molecule has 29 heavy (non-hydrogen) atoms. The van der Waals surface area contributed by atoms with E-state index >= 15 is 0 Å². The van der Waals surface area contributed by atoms with Crippen molar-refractivity contribution < 1.29 is 4.79 Å². The molecule has 1 aliphatic rings. The Morgan fingerprint density at radius 3 is 2.34 bits per heavy atom. The van der Waals surface area contributed by atoms with Crippen LogP contribution in [-0.2, 0) is 0 Å². The van der Waals surface area contributed by atoms with Crippen LogP contribution in [0.25, 0.3) is 5.82 Å². The zero-order chi connectivity index (χ0) is 20.2. The standard InChI is InChI=1S/C23H27N5O/c1-16-14-17(2)28(27-16)22-13-8-18(15-24-22)23(29)26-21-11-9-20(10-12-21)25-19-6-4-3-5-7-19/h8-15,19,25H,3-7H2,1-2H3,(H,26,29). The number of aromatic nitrogens is 3.